The van der Waals surface area contributed by atoms with Gasteiger partial charge in [0, 0.05) is 12.1 Å². The Morgan fingerprint density at radius 1 is 1.10 bits per heavy atom. The highest BCUT2D eigenvalue weighted by Crippen LogP contribution is 2.29. The number of amides is 1. The Labute approximate surface area is 163 Å². The number of rotatable bonds is 4. The van der Waals surface area contributed by atoms with Crippen LogP contribution in [0.4, 0.5) is 17.6 Å². The average molecular weight is 404 g/mol. The van der Waals surface area contributed by atoms with Crippen LogP contribution in [0.5, 0.6) is 0 Å². The van der Waals surface area contributed by atoms with Gasteiger partial charge in [0.05, 0.1) is 17.8 Å². The van der Waals surface area contributed by atoms with E-state index in [9.17, 15) is 22.4 Å². The third kappa shape index (κ3) is 4.00. The second-order valence-electron chi connectivity index (χ2n) is 6.67. The molecule has 4 rings (SSSR count). The number of hydrogen-bond acceptors (Lipinski definition) is 3. The highest BCUT2D eigenvalue weighted by Gasteiger charge is 2.30. The molecule has 0 saturated heterocycles. The fraction of sp³-hybridized carbons (Fsp3) is 0.200. The van der Waals surface area contributed by atoms with Gasteiger partial charge in [-0.15, -0.1) is 0 Å². The first-order valence-corrected chi connectivity index (χ1v) is 8.84. The normalized spacial score (nSPS) is 16.4. The third-order valence-electron chi connectivity index (χ3n) is 4.68. The highest BCUT2D eigenvalue weighted by molar-refractivity contribution is 5.94. The molecule has 2 heterocycles. The van der Waals surface area contributed by atoms with Crippen LogP contribution in [-0.2, 0) is 12.7 Å². The summed E-state index contributed by atoms with van der Waals surface area (Å²) in [4.78, 5) is 12.2. The van der Waals surface area contributed by atoms with Gasteiger partial charge >= 0.3 is 6.18 Å². The predicted octanol–water partition coefficient (Wildman–Crippen LogP) is 3.74. The van der Waals surface area contributed by atoms with Gasteiger partial charge in [-0.1, -0.05) is 12.1 Å². The summed E-state index contributed by atoms with van der Waals surface area (Å²) in [6.07, 6.45) is -4.75. The molecule has 9 heteroatoms. The molecule has 1 aromatic heterocycles. The molecule has 0 fully saturated rings. The van der Waals surface area contributed by atoms with Gasteiger partial charge in [-0.25, -0.2) is 9.07 Å². The molecule has 150 valence electrons. The van der Waals surface area contributed by atoms with Gasteiger partial charge in [-0.3, -0.25) is 10.1 Å². The molecule has 5 nitrogen and oxygen atoms in total. The Hall–Kier alpha value is -3.20. The smallest absolute Gasteiger partial charge is 0.347 e. The summed E-state index contributed by atoms with van der Waals surface area (Å²) in [5.41, 5.74) is 1.51. The van der Waals surface area contributed by atoms with Crippen molar-refractivity contribution in [3.63, 3.8) is 0 Å². The fourth-order valence-electron chi connectivity index (χ4n) is 3.14. The molecule has 0 spiro atoms. The van der Waals surface area contributed by atoms with Crippen LogP contribution >= 0.6 is 0 Å². The maximum atomic E-state index is 13.1. The summed E-state index contributed by atoms with van der Waals surface area (Å²) in [6, 6.07) is 12.3. The largest absolute Gasteiger partial charge is 0.416 e. The lowest BCUT2D eigenvalue weighted by Gasteiger charge is -2.25. The summed E-state index contributed by atoms with van der Waals surface area (Å²) in [7, 11) is 0. The van der Waals surface area contributed by atoms with Gasteiger partial charge < -0.3 is 5.32 Å². The van der Waals surface area contributed by atoms with Crippen molar-refractivity contribution in [2.45, 2.75) is 18.9 Å². The molecule has 2 N–H and O–H groups in total. The molecule has 1 atom stereocenters. The summed E-state index contributed by atoms with van der Waals surface area (Å²) in [6.45, 7) is 0.570. The minimum atomic E-state index is -4.37. The summed E-state index contributed by atoms with van der Waals surface area (Å²) < 4.78 is 52.7. The molecule has 1 aliphatic rings. The standard InChI is InChI=1S/C20H16F4N4O/c21-15-7-3-13(4-8-15)16-9-17-19(29)26-11-18(28(17)27-16)25-10-12-1-5-14(6-2-12)20(22,23)24/h1-9,18,25H,10-11H2,(H,26,29)/t18-/m1/s1. The van der Waals surface area contributed by atoms with Crippen molar-refractivity contribution < 1.29 is 22.4 Å². The van der Waals surface area contributed by atoms with Crippen molar-refractivity contribution in [3.05, 3.63) is 77.2 Å². The van der Waals surface area contributed by atoms with E-state index in [-0.39, 0.29) is 24.4 Å². The molecular weight excluding hydrogens is 388 g/mol. The Morgan fingerprint density at radius 3 is 2.45 bits per heavy atom. The first kappa shape index (κ1) is 19.1. The number of fused-ring (bicyclic) bond motifs is 1. The SMILES string of the molecule is O=C1NC[C@H](NCc2ccc(C(F)(F)F)cc2)n2nc(-c3ccc(F)cc3)cc21. The molecule has 1 aliphatic heterocycles. The second-order valence-corrected chi connectivity index (χ2v) is 6.67. The van der Waals surface area contributed by atoms with Gasteiger partial charge in [-0.2, -0.15) is 18.3 Å². The first-order valence-electron chi connectivity index (χ1n) is 8.84. The Balaban J connectivity index is 1.52. The molecule has 3 aromatic rings. The number of benzene rings is 2. The van der Waals surface area contributed by atoms with Crippen molar-refractivity contribution in [1.29, 1.82) is 0 Å². The van der Waals surface area contributed by atoms with Crippen LogP contribution in [0.3, 0.4) is 0 Å². The minimum absolute atomic E-state index is 0.275. The van der Waals surface area contributed by atoms with E-state index in [2.05, 4.69) is 15.7 Å². The Morgan fingerprint density at radius 2 is 1.79 bits per heavy atom. The zero-order valence-electron chi connectivity index (χ0n) is 15.0. The number of aromatic nitrogens is 2. The molecule has 0 aliphatic carbocycles. The number of carbonyl (C=O) groups is 1. The van der Waals surface area contributed by atoms with Crippen LogP contribution in [0.1, 0.15) is 27.8 Å². The number of alkyl halides is 3. The number of halogens is 4. The number of nitrogens with one attached hydrogen (secondary N) is 2. The van der Waals surface area contributed by atoms with Crippen LogP contribution in [0.25, 0.3) is 11.3 Å². The third-order valence-corrected chi connectivity index (χ3v) is 4.68. The lowest BCUT2D eigenvalue weighted by Crippen LogP contribution is -2.45. The average Bonchev–Trinajstić information content (AvgIpc) is 3.14. The second kappa shape index (κ2) is 7.32. The Bertz CT molecular complexity index is 1030. The predicted molar refractivity (Wildman–Crippen MR) is 97.3 cm³/mol. The monoisotopic (exact) mass is 404 g/mol. The molecule has 1 amide bonds. The molecule has 0 radical (unpaired) electrons. The zero-order valence-corrected chi connectivity index (χ0v) is 15.0. The van der Waals surface area contributed by atoms with E-state index < -0.39 is 11.7 Å². The van der Waals surface area contributed by atoms with Crippen LogP contribution in [-0.4, -0.2) is 22.2 Å². The van der Waals surface area contributed by atoms with Crippen molar-refractivity contribution in [2.24, 2.45) is 0 Å². The van der Waals surface area contributed by atoms with Gasteiger partial charge in [0.15, 0.2) is 0 Å². The maximum Gasteiger partial charge on any atom is 0.416 e. The van der Waals surface area contributed by atoms with Gasteiger partial charge in [0.1, 0.15) is 17.7 Å². The lowest BCUT2D eigenvalue weighted by molar-refractivity contribution is -0.137. The van der Waals surface area contributed by atoms with E-state index in [1.54, 1.807) is 22.9 Å². The fourth-order valence-corrected chi connectivity index (χ4v) is 3.14. The van der Waals surface area contributed by atoms with Crippen LogP contribution in [0.15, 0.2) is 54.6 Å². The molecule has 0 bridgehead atoms. The summed E-state index contributed by atoms with van der Waals surface area (Å²) in [5.74, 6) is -0.648. The van der Waals surface area contributed by atoms with Gasteiger partial charge in [-0.05, 0) is 48.0 Å². The highest BCUT2D eigenvalue weighted by atomic mass is 19.4. The van der Waals surface area contributed by atoms with E-state index in [1.165, 1.54) is 24.3 Å². The number of carbonyl (C=O) groups excluding carboxylic acids is 1. The lowest BCUT2D eigenvalue weighted by atomic mass is 10.1. The zero-order chi connectivity index (χ0) is 20.6. The van der Waals surface area contributed by atoms with Crippen molar-refractivity contribution in [1.82, 2.24) is 20.4 Å². The van der Waals surface area contributed by atoms with Crippen molar-refractivity contribution in [3.8, 4) is 11.3 Å². The minimum Gasteiger partial charge on any atom is -0.347 e. The Kier molecular flexibility index (Phi) is 4.83. The quantitative estimate of drug-likeness (QED) is 0.652. The first-order chi connectivity index (χ1) is 13.8. The maximum absolute atomic E-state index is 13.1. The summed E-state index contributed by atoms with van der Waals surface area (Å²) in [5, 5.41) is 10.4. The van der Waals surface area contributed by atoms with E-state index in [4.69, 9.17) is 0 Å². The van der Waals surface area contributed by atoms with Crippen LogP contribution in [0.2, 0.25) is 0 Å². The molecular formula is C20H16F4N4O. The van der Waals surface area contributed by atoms with Gasteiger partial charge in [0.25, 0.3) is 5.91 Å². The molecule has 29 heavy (non-hydrogen) atoms. The van der Waals surface area contributed by atoms with E-state index >= 15 is 0 Å². The van der Waals surface area contributed by atoms with Crippen LogP contribution in [0, 0.1) is 5.82 Å². The molecule has 0 saturated carbocycles. The number of nitrogens with zero attached hydrogens (tertiary/aromatic N) is 2. The van der Waals surface area contributed by atoms with Crippen molar-refractivity contribution in [2.75, 3.05) is 6.54 Å². The van der Waals surface area contributed by atoms with E-state index in [1.807, 2.05) is 0 Å². The molecule has 0 unspecified atom stereocenters. The van der Waals surface area contributed by atoms with E-state index in [0.717, 1.165) is 12.1 Å². The van der Waals surface area contributed by atoms with Crippen LogP contribution < -0.4 is 10.6 Å². The number of hydrogen-bond donors (Lipinski definition) is 2. The van der Waals surface area contributed by atoms with E-state index in [0.29, 0.717) is 29.1 Å². The topological polar surface area (TPSA) is 59.0 Å². The van der Waals surface area contributed by atoms with Crippen molar-refractivity contribution >= 4 is 5.91 Å². The summed E-state index contributed by atoms with van der Waals surface area (Å²) >= 11 is 0. The van der Waals surface area contributed by atoms with Gasteiger partial charge in [0.2, 0.25) is 0 Å². The molecule has 2 aromatic carbocycles.